The molecule has 0 unspecified atom stereocenters. The van der Waals surface area contributed by atoms with Gasteiger partial charge in [0.2, 0.25) is 11.8 Å². The molecule has 39 heavy (non-hydrogen) atoms. The molecule has 0 spiro atoms. The Hall–Kier alpha value is -3.43. The predicted molar refractivity (Wildman–Crippen MR) is 140 cm³/mol. The van der Waals surface area contributed by atoms with Crippen LogP contribution in [0.15, 0.2) is 48.0 Å². The van der Waals surface area contributed by atoms with Crippen LogP contribution in [0.3, 0.4) is 0 Å². The second-order valence-corrected chi connectivity index (χ2v) is 11.9. The molecule has 0 radical (unpaired) electrons. The molecule has 9 nitrogen and oxygen atoms in total. The van der Waals surface area contributed by atoms with E-state index in [1.807, 2.05) is 12.1 Å². The normalized spacial score (nSPS) is 33.8. The number of hydrogen-bond donors (Lipinski definition) is 2. The molecule has 6 atom stereocenters. The minimum atomic E-state index is -2.00. The molecule has 3 fully saturated rings. The van der Waals surface area contributed by atoms with Crippen molar-refractivity contribution in [3.8, 4) is 5.75 Å². The van der Waals surface area contributed by atoms with Crippen molar-refractivity contribution in [1.29, 1.82) is 0 Å². The highest BCUT2D eigenvalue weighted by atomic mass is 35.5. The Bertz CT molecular complexity index is 1540. The van der Waals surface area contributed by atoms with Crippen LogP contribution in [-0.2, 0) is 24.0 Å². The van der Waals surface area contributed by atoms with Gasteiger partial charge in [-0.3, -0.25) is 33.8 Å². The molecule has 1 saturated carbocycles. The summed E-state index contributed by atoms with van der Waals surface area (Å²) in [5.41, 5.74) is 0.852. The molecule has 4 amide bonds. The standard InChI is InChI=1S/C28H24Cl2N2O7/c1-31-25(38)27(29)12-18-15(8-9-16-20(18)24(37)32(23(16)36)11-10-19(33)34)21(28(27,30)26(31)39)17-7-6-13-4-2-3-5-14(13)22(17)35/h2-8,16,18,20-21,35H,9-12H2,1H3,(H,33,34)/t16-,18+,20-,21+,27+,28-/m0/s1. The molecule has 0 bridgehead atoms. The van der Waals surface area contributed by atoms with Crippen molar-refractivity contribution in [1.82, 2.24) is 9.80 Å². The van der Waals surface area contributed by atoms with Gasteiger partial charge in [-0.25, -0.2) is 0 Å². The number of benzene rings is 2. The fraction of sp³-hybridized carbons (Fsp3) is 0.393. The number of phenols is 1. The van der Waals surface area contributed by atoms with Crippen molar-refractivity contribution in [2.45, 2.75) is 34.9 Å². The number of aromatic hydroxyl groups is 1. The summed E-state index contributed by atoms with van der Waals surface area (Å²) in [7, 11) is 1.30. The van der Waals surface area contributed by atoms with Crippen molar-refractivity contribution in [3.05, 3.63) is 53.6 Å². The number of nitrogens with zero attached hydrogens (tertiary/aromatic N) is 2. The fourth-order valence-corrected chi connectivity index (χ4v) is 8.10. The smallest absolute Gasteiger partial charge is 0.305 e. The molecule has 2 heterocycles. The van der Waals surface area contributed by atoms with Gasteiger partial charge < -0.3 is 10.2 Å². The molecule has 4 aliphatic rings. The summed E-state index contributed by atoms with van der Waals surface area (Å²) < 4.78 is 0. The SMILES string of the molecule is CN1C(=O)[C@]2(Cl)C[C@@H]3C(=CC[C@@H]4C(=O)N(CCC(=O)O)C(=O)[C@@H]43)[C@H](c3ccc4ccccc4c3O)[C@]2(Cl)C1=O. The average molecular weight is 571 g/mol. The van der Waals surface area contributed by atoms with Crippen LogP contribution in [0.25, 0.3) is 10.8 Å². The van der Waals surface area contributed by atoms with E-state index in [0.717, 1.165) is 15.2 Å². The Labute approximate surface area is 232 Å². The van der Waals surface area contributed by atoms with Gasteiger partial charge in [-0.1, -0.05) is 48.0 Å². The molecule has 0 aromatic heterocycles. The van der Waals surface area contributed by atoms with E-state index < -0.39 is 69.4 Å². The van der Waals surface area contributed by atoms with Crippen LogP contribution >= 0.6 is 23.2 Å². The quantitative estimate of drug-likeness (QED) is 0.328. The number of carbonyl (C=O) groups excluding carboxylic acids is 4. The minimum absolute atomic E-state index is 0.118. The first-order valence-corrected chi connectivity index (χ1v) is 13.4. The second kappa shape index (κ2) is 8.53. The Morgan fingerprint density at radius 2 is 1.74 bits per heavy atom. The monoisotopic (exact) mass is 570 g/mol. The molecule has 2 aromatic carbocycles. The number of aliphatic carboxylic acids is 1. The first kappa shape index (κ1) is 25.8. The Morgan fingerprint density at radius 3 is 2.46 bits per heavy atom. The first-order chi connectivity index (χ1) is 18.4. The Balaban J connectivity index is 1.54. The Morgan fingerprint density at radius 1 is 1.03 bits per heavy atom. The lowest BCUT2D eigenvalue weighted by molar-refractivity contribution is -0.143. The molecule has 11 heteroatoms. The highest BCUT2D eigenvalue weighted by molar-refractivity contribution is 6.53. The maximum atomic E-state index is 13.7. The number of amides is 4. The molecular formula is C28H24Cl2N2O7. The predicted octanol–water partition coefficient (Wildman–Crippen LogP) is 3.01. The Kier molecular flexibility index (Phi) is 5.65. The lowest BCUT2D eigenvalue weighted by atomic mass is 9.56. The summed E-state index contributed by atoms with van der Waals surface area (Å²) in [5, 5.41) is 21.8. The van der Waals surface area contributed by atoms with Gasteiger partial charge in [-0.15, -0.1) is 23.2 Å². The van der Waals surface area contributed by atoms with Crippen molar-refractivity contribution >= 4 is 63.6 Å². The maximum absolute atomic E-state index is 13.7. The van der Waals surface area contributed by atoms with Crippen molar-refractivity contribution < 1.29 is 34.2 Å². The fourth-order valence-electron chi connectivity index (χ4n) is 7.09. The largest absolute Gasteiger partial charge is 0.507 e. The van der Waals surface area contributed by atoms with Crippen molar-refractivity contribution in [2.24, 2.45) is 17.8 Å². The molecule has 2 N–H and O–H groups in total. The van der Waals surface area contributed by atoms with E-state index >= 15 is 0 Å². The third-order valence-corrected chi connectivity index (χ3v) is 10.3. The van der Waals surface area contributed by atoms with E-state index in [0.29, 0.717) is 16.5 Å². The summed E-state index contributed by atoms with van der Waals surface area (Å²) >= 11 is 14.3. The van der Waals surface area contributed by atoms with Gasteiger partial charge in [0.05, 0.1) is 18.3 Å². The maximum Gasteiger partial charge on any atom is 0.305 e. The molecular weight excluding hydrogens is 547 g/mol. The zero-order chi connectivity index (χ0) is 28.0. The molecule has 2 aliphatic carbocycles. The number of allylic oxidation sites excluding steroid dienone is 2. The van der Waals surface area contributed by atoms with Crippen LogP contribution < -0.4 is 0 Å². The van der Waals surface area contributed by atoms with E-state index in [9.17, 15) is 29.1 Å². The van der Waals surface area contributed by atoms with Crippen LogP contribution in [0.2, 0.25) is 0 Å². The van der Waals surface area contributed by atoms with Crippen LogP contribution in [0, 0.1) is 17.8 Å². The van der Waals surface area contributed by atoms with Gasteiger partial charge in [-0.2, -0.15) is 0 Å². The number of carboxylic acid groups (broad SMARTS) is 1. The number of carboxylic acids is 1. The number of carbonyl (C=O) groups is 5. The summed E-state index contributed by atoms with van der Waals surface area (Å²) in [6, 6.07) is 10.6. The zero-order valence-corrected chi connectivity index (χ0v) is 22.3. The number of phenolic OH excluding ortho intramolecular Hbond substituents is 1. The lowest BCUT2D eigenvalue weighted by Crippen LogP contribution is -2.60. The van der Waals surface area contributed by atoms with Gasteiger partial charge >= 0.3 is 5.97 Å². The van der Waals surface area contributed by atoms with E-state index in [-0.39, 0.29) is 25.1 Å². The van der Waals surface area contributed by atoms with Gasteiger partial charge in [0, 0.05) is 30.5 Å². The summed E-state index contributed by atoms with van der Waals surface area (Å²) in [6.07, 6.45) is 1.37. The molecule has 2 aliphatic heterocycles. The van der Waals surface area contributed by atoms with Crippen LogP contribution in [-0.4, -0.2) is 73.0 Å². The number of likely N-dealkylation sites (tertiary alicyclic amines) is 2. The van der Waals surface area contributed by atoms with Crippen molar-refractivity contribution in [2.75, 3.05) is 13.6 Å². The molecule has 6 rings (SSSR count). The summed E-state index contributed by atoms with van der Waals surface area (Å²) in [4.78, 5) is 63.0. The van der Waals surface area contributed by atoms with Gasteiger partial charge in [-0.05, 0) is 24.1 Å². The topological polar surface area (TPSA) is 132 Å². The third-order valence-electron chi connectivity index (χ3n) is 8.90. The number of rotatable bonds is 4. The van der Waals surface area contributed by atoms with E-state index in [1.165, 1.54) is 7.05 Å². The first-order valence-electron chi connectivity index (χ1n) is 12.6. The zero-order valence-electron chi connectivity index (χ0n) is 20.8. The number of halogens is 2. The van der Waals surface area contributed by atoms with Gasteiger partial charge in [0.15, 0.2) is 9.75 Å². The van der Waals surface area contributed by atoms with Crippen LogP contribution in [0.1, 0.15) is 30.7 Å². The highest BCUT2D eigenvalue weighted by Gasteiger charge is 2.76. The van der Waals surface area contributed by atoms with Crippen LogP contribution in [0.5, 0.6) is 5.75 Å². The van der Waals surface area contributed by atoms with E-state index in [4.69, 9.17) is 28.3 Å². The summed E-state index contributed by atoms with van der Waals surface area (Å²) in [6.45, 7) is -0.261. The number of hydrogen-bond acceptors (Lipinski definition) is 6. The minimum Gasteiger partial charge on any atom is -0.507 e. The third kappa shape index (κ3) is 3.23. The highest BCUT2D eigenvalue weighted by Crippen LogP contribution is 2.66. The molecule has 202 valence electrons. The lowest BCUT2D eigenvalue weighted by Gasteiger charge is -2.50. The number of fused-ring (bicyclic) bond motifs is 5. The van der Waals surface area contributed by atoms with Crippen LogP contribution in [0.4, 0.5) is 0 Å². The molecule has 2 saturated heterocycles. The number of alkyl halides is 2. The van der Waals surface area contributed by atoms with Gasteiger partial charge in [0.25, 0.3) is 11.8 Å². The summed E-state index contributed by atoms with van der Waals surface area (Å²) in [5.74, 6) is -7.14. The van der Waals surface area contributed by atoms with Crippen molar-refractivity contribution in [3.63, 3.8) is 0 Å². The molecule has 2 aromatic rings. The number of imide groups is 2. The van der Waals surface area contributed by atoms with Gasteiger partial charge in [0.1, 0.15) is 5.75 Å². The second-order valence-electron chi connectivity index (χ2n) is 10.7. The van der Waals surface area contributed by atoms with E-state index in [2.05, 4.69) is 0 Å². The average Bonchev–Trinajstić information content (AvgIpc) is 3.23. The van der Waals surface area contributed by atoms with E-state index in [1.54, 1.807) is 30.3 Å².